The molecule has 0 spiro atoms. The lowest BCUT2D eigenvalue weighted by atomic mass is 10.0. The molecular formula is C27H36N4O4. The number of hydrazine groups is 1. The van der Waals surface area contributed by atoms with Gasteiger partial charge < -0.3 is 14.7 Å². The molecule has 0 aromatic heterocycles. The maximum absolute atomic E-state index is 12.3. The SMILES string of the molecule is CN(C=CCN1CCC(OC(=O)NNc2ccccc2-c2ccccc2)CC1)CCCCC(=O)O. The Hall–Kier alpha value is -3.52. The minimum atomic E-state index is -0.738. The molecule has 0 atom stereocenters. The molecule has 1 aliphatic rings. The molecule has 1 saturated heterocycles. The van der Waals surface area contributed by atoms with Crippen molar-refractivity contribution >= 4 is 17.7 Å². The predicted molar refractivity (Wildman–Crippen MR) is 138 cm³/mol. The summed E-state index contributed by atoms with van der Waals surface area (Å²) in [6, 6.07) is 17.8. The van der Waals surface area contributed by atoms with Crippen LogP contribution in [0.2, 0.25) is 0 Å². The first-order valence-corrected chi connectivity index (χ1v) is 12.2. The molecule has 3 N–H and O–H groups in total. The second-order valence-corrected chi connectivity index (χ2v) is 8.78. The van der Waals surface area contributed by atoms with Crippen molar-refractivity contribution < 1.29 is 19.4 Å². The summed E-state index contributed by atoms with van der Waals surface area (Å²) in [6.45, 7) is 3.43. The zero-order chi connectivity index (χ0) is 24.9. The van der Waals surface area contributed by atoms with Crippen LogP contribution in [0.1, 0.15) is 32.1 Å². The first-order valence-electron chi connectivity index (χ1n) is 12.2. The summed E-state index contributed by atoms with van der Waals surface area (Å²) in [6.07, 6.45) is 6.99. The van der Waals surface area contributed by atoms with Gasteiger partial charge in [0.2, 0.25) is 0 Å². The number of carbonyl (C=O) groups is 2. The van der Waals surface area contributed by atoms with E-state index in [2.05, 4.69) is 32.9 Å². The number of ether oxygens (including phenoxy) is 1. The number of nitrogens with one attached hydrogen (secondary N) is 2. The van der Waals surface area contributed by atoms with Gasteiger partial charge in [-0.15, -0.1) is 0 Å². The van der Waals surface area contributed by atoms with Gasteiger partial charge in [0.1, 0.15) is 6.10 Å². The van der Waals surface area contributed by atoms with Crippen molar-refractivity contribution in [3.8, 4) is 11.1 Å². The molecule has 188 valence electrons. The highest BCUT2D eigenvalue weighted by Gasteiger charge is 2.21. The number of anilines is 1. The number of para-hydroxylation sites is 1. The number of rotatable bonds is 12. The van der Waals surface area contributed by atoms with E-state index in [-0.39, 0.29) is 12.5 Å². The van der Waals surface area contributed by atoms with Crippen molar-refractivity contribution in [2.75, 3.05) is 38.7 Å². The third-order valence-electron chi connectivity index (χ3n) is 5.99. The van der Waals surface area contributed by atoms with E-state index in [1.807, 2.05) is 61.6 Å². The van der Waals surface area contributed by atoms with Crippen molar-refractivity contribution in [3.05, 3.63) is 66.9 Å². The van der Waals surface area contributed by atoms with E-state index in [1.165, 1.54) is 0 Å². The largest absolute Gasteiger partial charge is 0.481 e. The standard InChI is InChI=1S/C27H36N4O4/c1-30(17-8-7-14-26(32)33)18-9-19-31-20-15-23(16-21-31)35-27(34)29-28-25-13-6-5-12-24(25)22-10-3-2-4-11-22/h2-6,9-13,18,23,28H,7-8,14-17,19-21H2,1H3,(H,29,34)(H,32,33). The topological polar surface area (TPSA) is 94.1 Å². The first-order chi connectivity index (χ1) is 17.0. The average molecular weight is 481 g/mol. The van der Waals surface area contributed by atoms with Gasteiger partial charge in [-0.1, -0.05) is 54.6 Å². The second-order valence-electron chi connectivity index (χ2n) is 8.78. The van der Waals surface area contributed by atoms with E-state index in [4.69, 9.17) is 9.84 Å². The highest BCUT2D eigenvalue weighted by molar-refractivity contribution is 5.79. The molecule has 8 heteroatoms. The maximum Gasteiger partial charge on any atom is 0.426 e. The third-order valence-corrected chi connectivity index (χ3v) is 5.99. The third kappa shape index (κ3) is 9.33. The smallest absolute Gasteiger partial charge is 0.426 e. The molecule has 2 aromatic carbocycles. The van der Waals surface area contributed by atoms with Gasteiger partial charge >= 0.3 is 12.1 Å². The summed E-state index contributed by atoms with van der Waals surface area (Å²) in [4.78, 5) is 27.3. The fourth-order valence-electron chi connectivity index (χ4n) is 4.06. The molecule has 0 radical (unpaired) electrons. The average Bonchev–Trinajstić information content (AvgIpc) is 2.87. The zero-order valence-electron chi connectivity index (χ0n) is 20.4. The molecule has 0 saturated carbocycles. The highest BCUT2D eigenvalue weighted by atomic mass is 16.6. The van der Waals surface area contributed by atoms with E-state index in [0.717, 1.165) is 62.3 Å². The van der Waals surface area contributed by atoms with E-state index >= 15 is 0 Å². The number of carbonyl (C=O) groups excluding carboxylic acids is 1. The number of carboxylic acids is 1. The van der Waals surface area contributed by atoms with Crippen molar-refractivity contribution in [1.29, 1.82) is 0 Å². The monoisotopic (exact) mass is 480 g/mol. The number of hydrogen-bond donors (Lipinski definition) is 3. The highest BCUT2D eigenvalue weighted by Crippen LogP contribution is 2.27. The molecule has 35 heavy (non-hydrogen) atoms. The lowest BCUT2D eigenvalue weighted by Crippen LogP contribution is -2.40. The number of hydrogen-bond acceptors (Lipinski definition) is 6. The van der Waals surface area contributed by atoms with Crippen molar-refractivity contribution in [1.82, 2.24) is 15.2 Å². The Morgan fingerprint density at radius 3 is 2.54 bits per heavy atom. The van der Waals surface area contributed by atoms with E-state index in [1.54, 1.807) is 0 Å². The number of carboxylic acid groups (broad SMARTS) is 1. The normalized spacial score (nSPS) is 14.5. The second kappa shape index (κ2) is 14.0. The van der Waals surface area contributed by atoms with Gasteiger partial charge in [-0.05, 0) is 43.5 Å². The van der Waals surface area contributed by atoms with Crippen LogP contribution < -0.4 is 10.9 Å². The summed E-state index contributed by atoms with van der Waals surface area (Å²) in [7, 11) is 2.00. The maximum atomic E-state index is 12.3. The molecule has 1 fully saturated rings. The quantitative estimate of drug-likeness (QED) is 0.303. The fraction of sp³-hybridized carbons (Fsp3) is 0.407. The molecule has 0 aliphatic carbocycles. The van der Waals surface area contributed by atoms with Crippen LogP contribution in [-0.2, 0) is 9.53 Å². The lowest BCUT2D eigenvalue weighted by molar-refractivity contribution is -0.137. The zero-order valence-corrected chi connectivity index (χ0v) is 20.4. The molecule has 1 amide bonds. The van der Waals surface area contributed by atoms with E-state index in [9.17, 15) is 9.59 Å². The molecular weight excluding hydrogens is 444 g/mol. The predicted octanol–water partition coefficient (Wildman–Crippen LogP) is 4.57. The Bertz CT molecular complexity index is 959. The van der Waals surface area contributed by atoms with Crippen LogP contribution in [0.3, 0.4) is 0 Å². The molecule has 1 aliphatic heterocycles. The molecule has 1 heterocycles. The number of piperidine rings is 1. The number of nitrogens with zero attached hydrogens (tertiary/aromatic N) is 2. The number of aliphatic carboxylic acids is 1. The summed E-state index contributed by atoms with van der Waals surface area (Å²) in [5, 5.41) is 8.69. The van der Waals surface area contributed by atoms with Gasteiger partial charge in [-0.2, -0.15) is 0 Å². The fourth-order valence-corrected chi connectivity index (χ4v) is 4.06. The molecule has 8 nitrogen and oxygen atoms in total. The Morgan fingerprint density at radius 2 is 1.80 bits per heavy atom. The van der Waals surface area contributed by atoms with Gasteiger partial charge in [-0.25, -0.2) is 10.2 Å². The van der Waals surface area contributed by atoms with Crippen LogP contribution in [0.5, 0.6) is 0 Å². The van der Waals surface area contributed by atoms with Crippen LogP contribution in [0, 0.1) is 0 Å². The number of benzene rings is 2. The first kappa shape index (κ1) is 26.1. The van der Waals surface area contributed by atoms with Gasteiger partial charge in [0.25, 0.3) is 0 Å². The number of unbranched alkanes of at least 4 members (excludes halogenated alkanes) is 1. The van der Waals surface area contributed by atoms with E-state index in [0.29, 0.717) is 6.42 Å². The van der Waals surface area contributed by atoms with Crippen molar-refractivity contribution in [3.63, 3.8) is 0 Å². The van der Waals surface area contributed by atoms with Crippen LogP contribution in [0.15, 0.2) is 66.9 Å². The van der Waals surface area contributed by atoms with Crippen LogP contribution in [-0.4, -0.2) is 66.3 Å². The number of amides is 1. The Balaban J connectivity index is 1.33. The summed E-state index contributed by atoms with van der Waals surface area (Å²) >= 11 is 0. The molecule has 2 aromatic rings. The van der Waals surface area contributed by atoms with E-state index < -0.39 is 12.1 Å². The molecule has 3 rings (SSSR count). The lowest BCUT2D eigenvalue weighted by Gasteiger charge is -2.31. The summed E-state index contributed by atoms with van der Waals surface area (Å²) in [5.74, 6) is -0.738. The minimum absolute atomic E-state index is 0.0988. The minimum Gasteiger partial charge on any atom is -0.481 e. The van der Waals surface area contributed by atoms with Crippen LogP contribution >= 0.6 is 0 Å². The van der Waals surface area contributed by atoms with Gasteiger partial charge in [0, 0.05) is 45.2 Å². The Morgan fingerprint density at radius 1 is 1.09 bits per heavy atom. The van der Waals surface area contributed by atoms with Crippen molar-refractivity contribution in [2.24, 2.45) is 0 Å². The molecule has 0 unspecified atom stereocenters. The van der Waals surface area contributed by atoms with Gasteiger partial charge in [0.15, 0.2) is 0 Å². The van der Waals surface area contributed by atoms with Gasteiger partial charge in [0.05, 0.1) is 5.69 Å². The summed E-state index contributed by atoms with van der Waals surface area (Å²) < 4.78 is 5.61. The Labute approximate surface area is 207 Å². The van der Waals surface area contributed by atoms with Crippen LogP contribution in [0.4, 0.5) is 10.5 Å². The van der Waals surface area contributed by atoms with Crippen LogP contribution in [0.25, 0.3) is 11.1 Å². The van der Waals surface area contributed by atoms with Crippen molar-refractivity contribution in [2.45, 2.75) is 38.2 Å². The summed E-state index contributed by atoms with van der Waals surface area (Å²) in [5.41, 5.74) is 8.54. The number of likely N-dealkylation sites (tertiary alicyclic amines) is 1. The van der Waals surface area contributed by atoms with Gasteiger partial charge in [-0.3, -0.25) is 15.1 Å². The molecule has 0 bridgehead atoms. The Kier molecular flexibility index (Phi) is 10.4.